The summed E-state index contributed by atoms with van der Waals surface area (Å²) in [5.41, 5.74) is 1.56. The van der Waals surface area contributed by atoms with Crippen molar-refractivity contribution in [3.8, 4) is 0 Å². The Bertz CT molecular complexity index is 1390. The van der Waals surface area contributed by atoms with Crippen molar-refractivity contribution < 1.29 is 32.1 Å². The van der Waals surface area contributed by atoms with Crippen LogP contribution in [0.1, 0.15) is 82.5 Å². The van der Waals surface area contributed by atoms with E-state index >= 15 is 0 Å². The molecular weight excluding hydrogens is 516 g/mol. The van der Waals surface area contributed by atoms with Crippen molar-refractivity contribution in [1.82, 2.24) is 10.2 Å². The number of aryl methyl sites for hydroxylation is 1. The highest BCUT2D eigenvalue weighted by atomic mass is 32.2. The highest BCUT2D eigenvalue weighted by molar-refractivity contribution is 7.99. The van der Waals surface area contributed by atoms with E-state index in [0.717, 1.165) is 29.7 Å². The molecule has 2 aromatic rings. The summed E-state index contributed by atoms with van der Waals surface area (Å²) in [5, 5.41) is 1.76. The SMILES string of the molecule is CCCCCC(Sc1cccc2c1C(=O)N(C1CCC(=O)NC1=O)C2=O)c1cc(C)ccc1S(=O)(=O)O. The van der Waals surface area contributed by atoms with Gasteiger partial charge in [-0.05, 0) is 43.5 Å². The fourth-order valence-electron chi connectivity index (χ4n) is 4.75. The molecule has 2 aromatic carbocycles. The molecule has 0 aromatic heterocycles. The number of thioether (sulfide) groups is 1. The summed E-state index contributed by atoms with van der Waals surface area (Å²) in [5.74, 6) is -2.36. The largest absolute Gasteiger partial charge is 0.295 e. The average molecular weight is 545 g/mol. The summed E-state index contributed by atoms with van der Waals surface area (Å²) in [6, 6.07) is 8.49. The molecule has 2 unspecified atom stereocenters. The molecule has 0 radical (unpaired) electrons. The minimum atomic E-state index is -4.50. The summed E-state index contributed by atoms with van der Waals surface area (Å²) >= 11 is 1.26. The van der Waals surface area contributed by atoms with Crippen LogP contribution in [0.25, 0.3) is 0 Å². The fourth-order valence-corrected chi connectivity index (χ4v) is 6.95. The Morgan fingerprint density at radius 1 is 1.11 bits per heavy atom. The monoisotopic (exact) mass is 544 g/mol. The van der Waals surface area contributed by atoms with E-state index in [2.05, 4.69) is 12.2 Å². The maximum Gasteiger partial charge on any atom is 0.294 e. The second-order valence-electron chi connectivity index (χ2n) is 9.24. The summed E-state index contributed by atoms with van der Waals surface area (Å²) in [6.07, 6.45) is 3.31. The van der Waals surface area contributed by atoms with E-state index in [4.69, 9.17) is 0 Å². The van der Waals surface area contributed by atoms with Gasteiger partial charge in [0.25, 0.3) is 21.9 Å². The van der Waals surface area contributed by atoms with Gasteiger partial charge in [0.1, 0.15) is 6.04 Å². The quantitative estimate of drug-likeness (QED) is 0.209. The molecule has 2 atom stereocenters. The minimum absolute atomic E-state index is 0.0245. The van der Waals surface area contributed by atoms with Gasteiger partial charge in [-0.3, -0.25) is 33.9 Å². The van der Waals surface area contributed by atoms with Crippen LogP contribution in [0, 0.1) is 6.92 Å². The lowest BCUT2D eigenvalue weighted by molar-refractivity contribution is -0.136. The summed E-state index contributed by atoms with van der Waals surface area (Å²) in [7, 11) is -4.50. The molecular formula is C26H28N2O7S2. The number of nitrogens with zero attached hydrogens (tertiary/aromatic N) is 1. The van der Waals surface area contributed by atoms with Crippen LogP contribution in [0.4, 0.5) is 0 Å². The van der Waals surface area contributed by atoms with E-state index in [1.54, 1.807) is 24.3 Å². The van der Waals surface area contributed by atoms with Crippen molar-refractivity contribution in [3.63, 3.8) is 0 Å². The molecule has 1 fully saturated rings. The number of hydrogen-bond acceptors (Lipinski definition) is 7. The number of benzene rings is 2. The third kappa shape index (κ3) is 5.48. The Morgan fingerprint density at radius 2 is 1.86 bits per heavy atom. The van der Waals surface area contributed by atoms with Gasteiger partial charge >= 0.3 is 0 Å². The summed E-state index contributed by atoms with van der Waals surface area (Å²) in [6.45, 7) is 3.88. The first-order valence-electron chi connectivity index (χ1n) is 12.1. The first kappa shape index (κ1) is 27.0. The first-order valence-corrected chi connectivity index (χ1v) is 14.4. The summed E-state index contributed by atoms with van der Waals surface area (Å²) < 4.78 is 34.3. The predicted octanol–water partition coefficient (Wildman–Crippen LogP) is 4.06. The Balaban J connectivity index is 1.73. The topological polar surface area (TPSA) is 138 Å². The number of imide groups is 2. The van der Waals surface area contributed by atoms with Gasteiger partial charge in [-0.25, -0.2) is 0 Å². The number of carbonyl (C=O) groups is 4. The Morgan fingerprint density at radius 3 is 2.54 bits per heavy atom. The first-order chi connectivity index (χ1) is 17.5. The number of nitrogens with one attached hydrogen (secondary N) is 1. The van der Waals surface area contributed by atoms with E-state index in [1.807, 2.05) is 6.92 Å². The molecule has 2 heterocycles. The molecule has 0 aliphatic carbocycles. The van der Waals surface area contributed by atoms with Crippen molar-refractivity contribution in [2.45, 2.75) is 73.5 Å². The zero-order chi connectivity index (χ0) is 26.9. The molecule has 2 aliphatic heterocycles. The zero-order valence-corrected chi connectivity index (χ0v) is 22.2. The van der Waals surface area contributed by atoms with Crippen LogP contribution in [0.15, 0.2) is 46.2 Å². The molecule has 0 bridgehead atoms. The normalized spacial score (nSPS) is 18.7. The molecule has 2 N–H and O–H groups in total. The number of hydrogen-bond donors (Lipinski definition) is 2. The van der Waals surface area contributed by atoms with Gasteiger partial charge in [-0.15, -0.1) is 11.8 Å². The van der Waals surface area contributed by atoms with Crippen LogP contribution < -0.4 is 5.32 Å². The average Bonchev–Trinajstić information content (AvgIpc) is 3.08. The number of rotatable bonds is 9. The van der Waals surface area contributed by atoms with E-state index < -0.39 is 45.0 Å². The molecule has 0 saturated carbocycles. The maximum absolute atomic E-state index is 13.5. The Kier molecular flexibility index (Phi) is 7.86. The highest BCUT2D eigenvalue weighted by Crippen LogP contribution is 2.45. The second kappa shape index (κ2) is 10.8. The van der Waals surface area contributed by atoms with Crippen molar-refractivity contribution in [2.24, 2.45) is 0 Å². The number of unbranched alkanes of at least 4 members (excludes halogenated alkanes) is 2. The van der Waals surface area contributed by atoms with E-state index in [0.29, 0.717) is 16.9 Å². The number of piperidine rings is 1. The molecule has 196 valence electrons. The fraction of sp³-hybridized carbons (Fsp3) is 0.385. The number of carbonyl (C=O) groups excluding carboxylic acids is 4. The standard InChI is InChI=1S/C26H28N2O7S2/c1-3-4-5-8-19(17-14-15(2)10-12-21(17)37(33,34)35)36-20-9-6-7-16-23(20)26(32)28(25(16)31)18-11-13-22(29)27-24(18)30/h6-7,9-10,12,14,18-19H,3-5,8,11,13H2,1-2H3,(H,27,29,30)(H,33,34,35). The Labute approximate surface area is 219 Å². The second-order valence-corrected chi connectivity index (χ2v) is 11.9. The molecule has 9 nitrogen and oxygen atoms in total. The van der Waals surface area contributed by atoms with Crippen molar-refractivity contribution in [1.29, 1.82) is 0 Å². The molecule has 37 heavy (non-hydrogen) atoms. The van der Waals surface area contributed by atoms with Crippen LogP contribution in [0.3, 0.4) is 0 Å². The molecule has 0 spiro atoms. The van der Waals surface area contributed by atoms with Crippen LogP contribution in [0.5, 0.6) is 0 Å². The minimum Gasteiger partial charge on any atom is -0.295 e. The van der Waals surface area contributed by atoms with Gasteiger partial charge in [0.15, 0.2) is 0 Å². The van der Waals surface area contributed by atoms with Gasteiger partial charge < -0.3 is 0 Å². The number of fused-ring (bicyclic) bond motifs is 1. The van der Waals surface area contributed by atoms with Crippen molar-refractivity contribution >= 4 is 45.5 Å². The zero-order valence-electron chi connectivity index (χ0n) is 20.5. The lowest BCUT2D eigenvalue weighted by atomic mass is 10.0. The Hall–Kier alpha value is -3.02. The van der Waals surface area contributed by atoms with E-state index in [9.17, 15) is 32.1 Å². The van der Waals surface area contributed by atoms with E-state index in [1.165, 1.54) is 23.9 Å². The van der Waals surface area contributed by atoms with Crippen LogP contribution >= 0.6 is 11.8 Å². The van der Waals surface area contributed by atoms with Crippen molar-refractivity contribution in [2.75, 3.05) is 0 Å². The number of amides is 4. The third-order valence-corrected chi connectivity index (χ3v) is 8.85. The lowest BCUT2D eigenvalue weighted by Gasteiger charge is -2.28. The van der Waals surface area contributed by atoms with E-state index in [-0.39, 0.29) is 28.9 Å². The molecule has 11 heteroatoms. The van der Waals surface area contributed by atoms with Gasteiger partial charge in [0, 0.05) is 16.6 Å². The van der Waals surface area contributed by atoms with Crippen LogP contribution in [0.2, 0.25) is 0 Å². The summed E-state index contributed by atoms with van der Waals surface area (Å²) in [4.78, 5) is 51.9. The van der Waals surface area contributed by atoms with Crippen LogP contribution in [-0.2, 0) is 19.7 Å². The van der Waals surface area contributed by atoms with Crippen LogP contribution in [-0.4, -0.2) is 47.5 Å². The molecule has 1 saturated heterocycles. The third-order valence-electron chi connectivity index (χ3n) is 6.56. The van der Waals surface area contributed by atoms with Gasteiger partial charge in [0.05, 0.1) is 16.0 Å². The van der Waals surface area contributed by atoms with Gasteiger partial charge in [0.2, 0.25) is 11.8 Å². The van der Waals surface area contributed by atoms with Gasteiger partial charge in [-0.1, -0.05) is 49.9 Å². The lowest BCUT2D eigenvalue weighted by Crippen LogP contribution is -2.54. The highest BCUT2D eigenvalue weighted by Gasteiger charge is 2.45. The maximum atomic E-state index is 13.5. The van der Waals surface area contributed by atoms with Gasteiger partial charge in [-0.2, -0.15) is 8.42 Å². The molecule has 4 rings (SSSR count). The predicted molar refractivity (Wildman–Crippen MR) is 137 cm³/mol. The van der Waals surface area contributed by atoms with Crippen molar-refractivity contribution in [3.05, 3.63) is 58.7 Å². The smallest absolute Gasteiger partial charge is 0.294 e. The molecule has 4 amide bonds. The molecule has 2 aliphatic rings.